The Morgan fingerprint density at radius 2 is 2.37 bits per heavy atom. The normalized spacial score (nSPS) is 37.9. The van der Waals surface area contributed by atoms with Crippen molar-refractivity contribution in [1.82, 2.24) is 14.9 Å². The van der Waals surface area contributed by atoms with Crippen LogP contribution in [-0.4, -0.2) is 29.2 Å². The van der Waals surface area contributed by atoms with Crippen LogP contribution in [0.1, 0.15) is 37.5 Å². The number of hydrogen-bond acceptors (Lipinski definition) is 3. The van der Waals surface area contributed by atoms with Gasteiger partial charge in [0.2, 0.25) is 0 Å². The second-order valence-electron chi connectivity index (χ2n) is 6.47. The van der Waals surface area contributed by atoms with Gasteiger partial charge in [0.25, 0.3) is 0 Å². The van der Waals surface area contributed by atoms with E-state index in [4.69, 9.17) is 4.74 Å². The lowest BCUT2D eigenvalue weighted by Crippen LogP contribution is -2.34. The predicted octanol–water partition coefficient (Wildman–Crippen LogP) is 1.98. The van der Waals surface area contributed by atoms with E-state index in [0.29, 0.717) is 0 Å². The maximum absolute atomic E-state index is 5.87. The van der Waals surface area contributed by atoms with E-state index in [2.05, 4.69) is 14.9 Å². The van der Waals surface area contributed by atoms with Crippen LogP contribution in [0.4, 0.5) is 0 Å². The fourth-order valence-electron chi connectivity index (χ4n) is 4.36. The van der Waals surface area contributed by atoms with Crippen LogP contribution in [0.2, 0.25) is 0 Å². The van der Waals surface area contributed by atoms with Crippen LogP contribution in [0, 0.1) is 17.8 Å². The summed E-state index contributed by atoms with van der Waals surface area (Å²) in [5.74, 6) is 2.88. The Morgan fingerprint density at radius 1 is 1.37 bits per heavy atom. The van der Waals surface area contributed by atoms with E-state index in [1.807, 2.05) is 12.5 Å². The summed E-state index contributed by atoms with van der Waals surface area (Å²) >= 11 is 0. The van der Waals surface area contributed by atoms with Gasteiger partial charge in [0.1, 0.15) is 6.10 Å². The molecule has 2 bridgehead atoms. The summed E-state index contributed by atoms with van der Waals surface area (Å²) in [5, 5.41) is 3.40. The SMILES string of the molecule is c1ncn(CC2CC3CCC2C3)c1C1CNCCO1. The zero-order valence-corrected chi connectivity index (χ0v) is 11.4. The highest BCUT2D eigenvalue weighted by Gasteiger charge is 2.39. The maximum Gasteiger partial charge on any atom is 0.111 e. The smallest absolute Gasteiger partial charge is 0.111 e. The molecule has 0 aromatic carbocycles. The number of morpholine rings is 1. The molecule has 4 unspecified atom stereocenters. The number of imidazole rings is 1. The van der Waals surface area contributed by atoms with Crippen molar-refractivity contribution in [3.63, 3.8) is 0 Å². The first-order chi connectivity index (χ1) is 9.40. The zero-order chi connectivity index (χ0) is 12.7. The molecule has 1 aliphatic heterocycles. The number of nitrogens with zero attached hydrogens (tertiary/aromatic N) is 2. The van der Waals surface area contributed by atoms with Gasteiger partial charge < -0.3 is 14.6 Å². The quantitative estimate of drug-likeness (QED) is 0.904. The maximum atomic E-state index is 5.87. The van der Waals surface area contributed by atoms with Crippen LogP contribution in [-0.2, 0) is 11.3 Å². The van der Waals surface area contributed by atoms with E-state index in [9.17, 15) is 0 Å². The molecule has 3 aliphatic rings. The molecule has 0 spiro atoms. The van der Waals surface area contributed by atoms with E-state index in [0.717, 1.165) is 44.0 Å². The van der Waals surface area contributed by atoms with Gasteiger partial charge in [-0.1, -0.05) is 6.42 Å². The molecule has 104 valence electrons. The topological polar surface area (TPSA) is 39.1 Å². The average Bonchev–Trinajstić information content (AvgIpc) is 3.16. The highest BCUT2D eigenvalue weighted by Crippen LogP contribution is 2.49. The van der Waals surface area contributed by atoms with E-state index in [1.54, 1.807) is 0 Å². The van der Waals surface area contributed by atoms with Gasteiger partial charge >= 0.3 is 0 Å². The number of hydrogen-bond donors (Lipinski definition) is 1. The third-order valence-corrected chi connectivity index (χ3v) is 5.32. The summed E-state index contributed by atoms with van der Waals surface area (Å²) in [6, 6.07) is 0. The fourth-order valence-corrected chi connectivity index (χ4v) is 4.36. The highest BCUT2D eigenvalue weighted by molar-refractivity contribution is 5.05. The van der Waals surface area contributed by atoms with Gasteiger partial charge in [-0.15, -0.1) is 0 Å². The van der Waals surface area contributed by atoms with Crippen LogP contribution >= 0.6 is 0 Å². The summed E-state index contributed by atoms with van der Waals surface area (Å²) in [6.45, 7) is 3.85. The lowest BCUT2D eigenvalue weighted by molar-refractivity contribution is 0.0221. The molecule has 2 heterocycles. The summed E-state index contributed by atoms with van der Waals surface area (Å²) in [7, 11) is 0. The Bertz CT molecular complexity index is 438. The van der Waals surface area contributed by atoms with Gasteiger partial charge in [-0.05, 0) is 37.0 Å². The molecular weight excluding hydrogens is 238 g/mol. The standard InChI is InChI=1S/C15H23N3O/c1-2-12-5-11(1)6-13(12)9-18-10-17-7-14(18)15-8-16-3-4-19-15/h7,10-13,15-16H,1-6,8-9H2. The third-order valence-electron chi connectivity index (χ3n) is 5.32. The van der Waals surface area contributed by atoms with Gasteiger partial charge in [-0.3, -0.25) is 0 Å². The van der Waals surface area contributed by atoms with Crippen molar-refractivity contribution in [2.45, 2.75) is 38.3 Å². The summed E-state index contributed by atoms with van der Waals surface area (Å²) < 4.78 is 8.22. The lowest BCUT2D eigenvalue weighted by Gasteiger charge is -2.27. The van der Waals surface area contributed by atoms with Gasteiger partial charge in [0.15, 0.2) is 0 Å². The Kier molecular flexibility index (Phi) is 3.08. The Morgan fingerprint density at radius 3 is 3.11 bits per heavy atom. The molecule has 4 nitrogen and oxygen atoms in total. The highest BCUT2D eigenvalue weighted by atomic mass is 16.5. The van der Waals surface area contributed by atoms with Crippen LogP contribution in [0.15, 0.2) is 12.5 Å². The monoisotopic (exact) mass is 261 g/mol. The Balaban J connectivity index is 1.47. The molecule has 1 aromatic heterocycles. The molecule has 19 heavy (non-hydrogen) atoms. The van der Waals surface area contributed by atoms with Crippen molar-refractivity contribution in [1.29, 1.82) is 0 Å². The summed E-state index contributed by atoms with van der Waals surface area (Å²) in [6.07, 6.45) is 10.0. The minimum atomic E-state index is 0.190. The van der Waals surface area contributed by atoms with Crippen molar-refractivity contribution in [3.05, 3.63) is 18.2 Å². The van der Waals surface area contributed by atoms with E-state index in [1.165, 1.54) is 31.4 Å². The number of aromatic nitrogens is 2. The molecule has 0 amide bonds. The second-order valence-corrected chi connectivity index (χ2v) is 6.47. The molecule has 2 saturated carbocycles. The number of ether oxygens (including phenoxy) is 1. The van der Waals surface area contributed by atoms with Crippen molar-refractivity contribution < 1.29 is 4.74 Å². The molecule has 4 rings (SSSR count). The van der Waals surface area contributed by atoms with Crippen LogP contribution < -0.4 is 5.32 Å². The molecule has 2 aliphatic carbocycles. The number of fused-ring (bicyclic) bond motifs is 2. The molecule has 3 fully saturated rings. The minimum Gasteiger partial charge on any atom is -0.369 e. The lowest BCUT2D eigenvalue weighted by atomic mass is 9.89. The minimum absolute atomic E-state index is 0.190. The van der Waals surface area contributed by atoms with Crippen molar-refractivity contribution in [3.8, 4) is 0 Å². The van der Waals surface area contributed by atoms with Crippen molar-refractivity contribution in [2.24, 2.45) is 17.8 Å². The van der Waals surface area contributed by atoms with E-state index in [-0.39, 0.29) is 6.10 Å². The molecule has 1 saturated heterocycles. The van der Waals surface area contributed by atoms with Gasteiger partial charge in [-0.2, -0.15) is 0 Å². The second kappa shape index (κ2) is 4.91. The summed E-state index contributed by atoms with van der Waals surface area (Å²) in [4.78, 5) is 4.36. The van der Waals surface area contributed by atoms with Gasteiger partial charge in [0, 0.05) is 19.6 Å². The van der Waals surface area contributed by atoms with Crippen LogP contribution in [0.25, 0.3) is 0 Å². The summed E-state index contributed by atoms with van der Waals surface area (Å²) in [5.41, 5.74) is 1.26. The Hall–Kier alpha value is -0.870. The predicted molar refractivity (Wildman–Crippen MR) is 72.7 cm³/mol. The fraction of sp³-hybridized carbons (Fsp3) is 0.800. The number of nitrogens with one attached hydrogen (secondary N) is 1. The first-order valence-corrected chi connectivity index (χ1v) is 7.72. The molecular formula is C15H23N3O. The van der Waals surface area contributed by atoms with Crippen molar-refractivity contribution >= 4 is 0 Å². The first kappa shape index (κ1) is 11.9. The third kappa shape index (κ3) is 2.21. The van der Waals surface area contributed by atoms with Gasteiger partial charge in [-0.25, -0.2) is 4.98 Å². The average molecular weight is 261 g/mol. The molecule has 1 N–H and O–H groups in total. The molecule has 4 heteroatoms. The van der Waals surface area contributed by atoms with E-state index >= 15 is 0 Å². The van der Waals surface area contributed by atoms with Crippen LogP contribution in [0.5, 0.6) is 0 Å². The number of rotatable bonds is 3. The van der Waals surface area contributed by atoms with Gasteiger partial charge in [0.05, 0.1) is 24.8 Å². The van der Waals surface area contributed by atoms with Crippen LogP contribution in [0.3, 0.4) is 0 Å². The zero-order valence-electron chi connectivity index (χ0n) is 11.4. The largest absolute Gasteiger partial charge is 0.369 e. The molecule has 1 aromatic rings. The van der Waals surface area contributed by atoms with E-state index < -0.39 is 0 Å². The Labute approximate surface area is 114 Å². The molecule has 0 radical (unpaired) electrons. The molecule has 4 atom stereocenters. The van der Waals surface area contributed by atoms with Crippen molar-refractivity contribution in [2.75, 3.05) is 19.7 Å². The first-order valence-electron chi connectivity index (χ1n) is 7.72.